The van der Waals surface area contributed by atoms with Crippen molar-refractivity contribution < 1.29 is 23.8 Å². The summed E-state index contributed by atoms with van der Waals surface area (Å²) < 4.78 is 23.0. The van der Waals surface area contributed by atoms with E-state index in [0.29, 0.717) is 11.8 Å². The number of ether oxygens (including phenoxy) is 2. The molecule has 0 aromatic heterocycles. The van der Waals surface area contributed by atoms with Crippen molar-refractivity contribution >= 4 is 7.60 Å². The van der Waals surface area contributed by atoms with Crippen molar-refractivity contribution in [1.29, 1.82) is 0 Å². The Morgan fingerprint density at radius 2 is 1.15 bits per heavy atom. The van der Waals surface area contributed by atoms with Gasteiger partial charge in [0.1, 0.15) is 11.5 Å². The highest BCUT2D eigenvalue weighted by molar-refractivity contribution is 7.51. The lowest BCUT2D eigenvalue weighted by molar-refractivity contribution is -0.0745. The molecule has 4 aliphatic rings. The largest absolute Gasteiger partial charge is 0.494 e. The summed E-state index contributed by atoms with van der Waals surface area (Å²) in [5.74, 6) is 4.82. The maximum absolute atomic E-state index is 10.8. The van der Waals surface area contributed by atoms with E-state index >= 15 is 0 Å². The first-order valence-corrected chi connectivity index (χ1v) is 15.6. The van der Waals surface area contributed by atoms with E-state index in [1.807, 2.05) is 12.1 Å². The highest BCUT2D eigenvalue weighted by Crippen LogP contribution is 2.60. The molecule has 4 aliphatic carbocycles. The molecule has 5 rings (SSSR count). The summed E-state index contributed by atoms with van der Waals surface area (Å²) in [6, 6.07) is 8.22. The molecule has 1 aromatic carbocycles. The number of hydrogen-bond acceptors (Lipinski definition) is 3. The van der Waals surface area contributed by atoms with Crippen LogP contribution in [0.25, 0.3) is 0 Å². The molecule has 192 valence electrons. The van der Waals surface area contributed by atoms with Gasteiger partial charge in [0, 0.05) is 11.6 Å². The lowest BCUT2D eigenvalue weighted by Crippen LogP contribution is -2.48. The van der Waals surface area contributed by atoms with E-state index in [2.05, 4.69) is 12.1 Å². The van der Waals surface area contributed by atoms with Crippen molar-refractivity contribution in [3.8, 4) is 11.5 Å². The molecule has 34 heavy (non-hydrogen) atoms. The van der Waals surface area contributed by atoms with Gasteiger partial charge >= 0.3 is 7.60 Å². The Morgan fingerprint density at radius 3 is 1.65 bits per heavy atom. The van der Waals surface area contributed by atoms with E-state index < -0.39 is 7.60 Å². The zero-order valence-corrected chi connectivity index (χ0v) is 21.7. The van der Waals surface area contributed by atoms with Crippen molar-refractivity contribution in [2.75, 3.05) is 19.4 Å². The highest BCUT2D eigenvalue weighted by atomic mass is 31.2. The minimum atomic E-state index is -3.80. The predicted molar refractivity (Wildman–Crippen MR) is 137 cm³/mol. The molecule has 4 fully saturated rings. The Morgan fingerprint density at radius 1 is 0.706 bits per heavy atom. The normalized spacial score (nSPS) is 27.8. The first-order chi connectivity index (χ1) is 16.4. The Hall–Kier alpha value is -1.03. The number of benzene rings is 1. The van der Waals surface area contributed by atoms with Crippen LogP contribution in [0.5, 0.6) is 11.5 Å². The molecule has 6 heteroatoms. The third kappa shape index (κ3) is 8.28. The standard InChI is InChI=1S/C28H45O5P/c29-34(30,31)15-9-7-5-3-1-2-4-6-8-14-32-26-10-12-27(13-11-26)33-22-28-19-23-16-24(20-28)18-25(17-23)21-28/h10-13,23-25H,1-9,14-22H2,(H2,29,30,31). The summed E-state index contributed by atoms with van der Waals surface area (Å²) >= 11 is 0. The summed E-state index contributed by atoms with van der Waals surface area (Å²) in [6.07, 6.45) is 18.4. The van der Waals surface area contributed by atoms with Crippen LogP contribution in [-0.2, 0) is 4.57 Å². The highest BCUT2D eigenvalue weighted by Gasteiger charge is 2.51. The zero-order valence-electron chi connectivity index (χ0n) is 20.8. The molecule has 5 nitrogen and oxygen atoms in total. The van der Waals surface area contributed by atoms with Crippen LogP contribution < -0.4 is 9.47 Å². The quantitative estimate of drug-likeness (QED) is 0.186. The Bertz CT molecular complexity index is 751. The summed E-state index contributed by atoms with van der Waals surface area (Å²) in [5.41, 5.74) is 0.454. The van der Waals surface area contributed by atoms with Gasteiger partial charge in [-0.1, -0.05) is 44.9 Å². The molecule has 4 saturated carbocycles. The molecule has 1 aromatic rings. The fraction of sp³-hybridized carbons (Fsp3) is 0.786. The van der Waals surface area contributed by atoms with Crippen LogP contribution in [0.2, 0.25) is 0 Å². The first-order valence-electron chi connectivity index (χ1n) is 13.8. The van der Waals surface area contributed by atoms with Gasteiger partial charge in [0.2, 0.25) is 0 Å². The molecule has 2 N–H and O–H groups in total. The average molecular weight is 493 g/mol. The minimum Gasteiger partial charge on any atom is -0.494 e. The van der Waals surface area contributed by atoms with Crippen molar-refractivity contribution in [3.63, 3.8) is 0 Å². The molecular formula is C28H45O5P. The fourth-order valence-corrected chi connectivity index (χ4v) is 7.82. The number of rotatable bonds is 16. The molecule has 0 spiro atoms. The van der Waals surface area contributed by atoms with Gasteiger partial charge in [-0.15, -0.1) is 0 Å². The van der Waals surface area contributed by atoms with Gasteiger partial charge in [0.15, 0.2) is 0 Å². The second kappa shape index (κ2) is 12.3. The minimum absolute atomic E-state index is 0.0323. The fourth-order valence-electron chi connectivity index (χ4n) is 7.18. The summed E-state index contributed by atoms with van der Waals surface area (Å²) in [5, 5.41) is 0. The second-order valence-electron chi connectivity index (χ2n) is 11.6. The van der Waals surface area contributed by atoms with Gasteiger partial charge in [-0.3, -0.25) is 4.57 Å². The van der Waals surface area contributed by atoms with Crippen LogP contribution in [0, 0.1) is 23.2 Å². The number of hydrogen-bond donors (Lipinski definition) is 2. The van der Waals surface area contributed by atoms with Gasteiger partial charge in [0.05, 0.1) is 13.2 Å². The molecule has 4 bridgehead atoms. The van der Waals surface area contributed by atoms with Crippen LogP contribution in [0.3, 0.4) is 0 Å². The monoisotopic (exact) mass is 492 g/mol. The van der Waals surface area contributed by atoms with E-state index in [0.717, 1.165) is 68.1 Å². The predicted octanol–water partition coefficient (Wildman–Crippen LogP) is 7.35. The van der Waals surface area contributed by atoms with Gasteiger partial charge in [-0.25, -0.2) is 0 Å². The summed E-state index contributed by atoms with van der Waals surface area (Å²) in [6.45, 7) is 1.65. The Kier molecular flexibility index (Phi) is 9.41. The van der Waals surface area contributed by atoms with Crippen LogP contribution in [-0.4, -0.2) is 29.2 Å². The van der Waals surface area contributed by atoms with Crippen LogP contribution in [0.1, 0.15) is 96.3 Å². The zero-order chi connectivity index (χ0) is 23.9. The Balaban J connectivity index is 1.01. The van der Waals surface area contributed by atoms with E-state index in [-0.39, 0.29) is 6.16 Å². The maximum Gasteiger partial charge on any atom is 0.325 e. The van der Waals surface area contributed by atoms with E-state index in [4.69, 9.17) is 19.3 Å². The average Bonchev–Trinajstić information content (AvgIpc) is 2.78. The summed E-state index contributed by atoms with van der Waals surface area (Å²) in [7, 11) is -3.80. The van der Waals surface area contributed by atoms with Crippen molar-refractivity contribution in [2.45, 2.75) is 96.3 Å². The van der Waals surface area contributed by atoms with Crippen LogP contribution >= 0.6 is 7.60 Å². The van der Waals surface area contributed by atoms with Gasteiger partial charge < -0.3 is 19.3 Å². The van der Waals surface area contributed by atoms with Crippen molar-refractivity contribution in [1.82, 2.24) is 0 Å². The van der Waals surface area contributed by atoms with E-state index in [1.165, 1.54) is 64.2 Å². The van der Waals surface area contributed by atoms with Crippen molar-refractivity contribution in [2.24, 2.45) is 23.2 Å². The van der Waals surface area contributed by atoms with Gasteiger partial charge in [0.25, 0.3) is 0 Å². The van der Waals surface area contributed by atoms with E-state index in [9.17, 15) is 4.57 Å². The Labute approximate surface area is 206 Å². The summed E-state index contributed by atoms with van der Waals surface area (Å²) in [4.78, 5) is 17.7. The molecule has 0 heterocycles. The lowest BCUT2D eigenvalue weighted by atomic mass is 9.50. The molecule has 0 aliphatic heterocycles. The van der Waals surface area contributed by atoms with Crippen LogP contribution in [0.15, 0.2) is 24.3 Å². The number of unbranched alkanes of at least 4 members (excludes halogenated alkanes) is 8. The molecular weight excluding hydrogens is 447 g/mol. The lowest BCUT2D eigenvalue weighted by Gasteiger charge is -2.56. The molecule has 0 radical (unpaired) electrons. The smallest absolute Gasteiger partial charge is 0.325 e. The molecule has 0 amide bonds. The third-order valence-electron chi connectivity index (χ3n) is 8.40. The van der Waals surface area contributed by atoms with Gasteiger partial charge in [-0.2, -0.15) is 0 Å². The SMILES string of the molecule is O=P(O)(O)CCCCCCCCCCCOc1ccc(OCC23CC4CC(CC(C4)C2)C3)cc1. The van der Waals surface area contributed by atoms with Gasteiger partial charge in [-0.05, 0) is 93.4 Å². The molecule has 0 unspecified atom stereocenters. The van der Waals surface area contributed by atoms with Crippen LogP contribution in [0.4, 0.5) is 0 Å². The molecule has 0 atom stereocenters. The second-order valence-corrected chi connectivity index (χ2v) is 13.4. The third-order valence-corrected chi connectivity index (χ3v) is 9.30. The molecule has 0 saturated heterocycles. The van der Waals surface area contributed by atoms with E-state index in [1.54, 1.807) is 0 Å². The maximum atomic E-state index is 10.8. The first kappa shape index (κ1) is 26.0. The van der Waals surface area contributed by atoms with Crippen molar-refractivity contribution in [3.05, 3.63) is 24.3 Å². The topological polar surface area (TPSA) is 76.0 Å².